The van der Waals surface area contributed by atoms with Crippen LogP contribution < -0.4 is 4.80 Å². The van der Waals surface area contributed by atoms with Gasteiger partial charge in [0.1, 0.15) is 5.82 Å². The second-order valence-electron chi connectivity index (χ2n) is 5.18. The van der Waals surface area contributed by atoms with Gasteiger partial charge in [-0.3, -0.25) is 4.79 Å². The Morgan fingerprint density at radius 3 is 2.88 bits per heavy atom. The van der Waals surface area contributed by atoms with E-state index in [0.29, 0.717) is 18.0 Å². The van der Waals surface area contributed by atoms with Crippen LogP contribution in [0.5, 0.6) is 0 Å². The number of thiazole rings is 1. The molecule has 1 heterocycles. The smallest absolute Gasteiger partial charge is 0.281 e. The van der Waals surface area contributed by atoms with E-state index in [1.807, 2.05) is 22.8 Å². The standard InChI is InChI=1S/C17H13BrClFN2O2S/c1-24-7-6-22-14-5-2-10(18)8-15(14)25-17(22)21-16(23)12-4-3-11(20)9-13(12)19/h2-5,8-9H,6-7H2,1H3. The van der Waals surface area contributed by atoms with Crippen molar-refractivity contribution in [1.29, 1.82) is 0 Å². The van der Waals surface area contributed by atoms with Gasteiger partial charge in [-0.15, -0.1) is 0 Å². The van der Waals surface area contributed by atoms with Gasteiger partial charge in [0.05, 0.1) is 27.4 Å². The molecule has 0 spiro atoms. The van der Waals surface area contributed by atoms with Gasteiger partial charge in [-0.2, -0.15) is 4.99 Å². The summed E-state index contributed by atoms with van der Waals surface area (Å²) >= 11 is 10.8. The van der Waals surface area contributed by atoms with Crippen molar-refractivity contribution in [3.8, 4) is 0 Å². The monoisotopic (exact) mass is 442 g/mol. The number of fused-ring (bicyclic) bond motifs is 1. The van der Waals surface area contributed by atoms with Crippen LogP contribution in [0.2, 0.25) is 5.02 Å². The third-order valence-electron chi connectivity index (χ3n) is 3.52. The lowest BCUT2D eigenvalue weighted by Crippen LogP contribution is -2.19. The van der Waals surface area contributed by atoms with Crippen LogP contribution in [-0.4, -0.2) is 24.2 Å². The zero-order chi connectivity index (χ0) is 18.0. The Morgan fingerprint density at radius 1 is 1.36 bits per heavy atom. The zero-order valence-electron chi connectivity index (χ0n) is 13.1. The third-order valence-corrected chi connectivity index (χ3v) is 5.37. The first-order valence-corrected chi connectivity index (χ1v) is 9.30. The van der Waals surface area contributed by atoms with Gasteiger partial charge >= 0.3 is 0 Å². The summed E-state index contributed by atoms with van der Waals surface area (Å²) in [5.41, 5.74) is 1.13. The fourth-order valence-corrected chi connectivity index (χ4v) is 4.20. The molecule has 3 aromatic rings. The van der Waals surface area contributed by atoms with E-state index in [1.54, 1.807) is 7.11 Å². The van der Waals surface area contributed by atoms with E-state index in [4.69, 9.17) is 16.3 Å². The average molecular weight is 444 g/mol. The van der Waals surface area contributed by atoms with E-state index in [0.717, 1.165) is 20.8 Å². The largest absolute Gasteiger partial charge is 0.383 e. The molecular weight excluding hydrogens is 431 g/mol. The summed E-state index contributed by atoms with van der Waals surface area (Å²) in [6.45, 7) is 1.04. The Labute approximate surface area is 160 Å². The lowest BCUT2D eigenvalue weighted by molar-refractivity contribution is 0.0997. The molecule has 0 aliphatic carbocycles. The normalized spacial score (nSPS) is 12.1. The molecule has 0 atom stereocenters. The molecule has 0 bridgehead atoms. The molecule has 0 fully saturated rings. The van der Waals surface area contributed by atoms with Crippen LogP contribution in [0.15, 0.2) is 45.9 Å². The van der Waals surface area contributed by atoms with Crippen molar-refractivity contribution < 1.29 is 13.9 Å². The van der Waals surface area contributed by atoms with Gasteiger partial charge < -0.3 is 9.30 Å². The molecule has 0 N–H and O–H groups in total. The first kappa shape index (κ1) is 18.3. The third kappa shape index (κ3) is 4.00. The highest BCUT2D eigenvalue weighted by atomic mass is 79.9. The van der Waals surface area contributed by atoms with Gasteiger partial charge in [0.2, 0.25) is 0 Å². The number of hydrogen-bond acceptors (Lipinski definition) is 3. The van der Waals surface area contributed by atoms with E-state index in [2.05, 4.69) is 20.9 Å². The van der Waals surface area contributed by atoms with Crippen LogP contribution in [0.4, 0.5) is 4.39 Å². The van der Waals surface area contributed by atoms with Crippen LogP contribution in [-0.2, 0) is 11.3 Å². The summed E-state index contributed by atoms with van der Waals surface area (Å²) in [5.74, 6) is -1.01. The maximum absolute atomic E-state index is 13.2. The zero-order valence-corrected chi connectivity index (χ0v) is 16.3. The van der Waals surface area contributed by atoms with Crippen LogP contribution >= 0.6 is 38.9 Å². The van der Waals surface area contributed by atoms with E-state index < -0.39 is 11.7 Å². The fraction of sp³-hybridized carbons (Fsp3) is 0.176. The molecule has 1 amide bonds. The van der Waals surface area contributed by atoms with Gasteiger partial charge in [-0.25, -0.2) is 4.39 Å². The van der Waals surface area contributed by atoms with Crippen molar-refractivity contribution in [2.75, 3.05) is 13.7 Å². The predicted molar refractivity (Wildman–Crippen MR) is 101 cm³/mol. The van der Waals surface area contributed by atoms with Crippen molar-refractivity contribution in [2.24, 2.45) is 4.99 Å². The molecule has 25 heavy (non-hydrogen) atoms. The minimum absolute atomic E-state index is 0.0426. The van der Waals surface area contributed by atoms with E-state index >= 15 is 0 Å². The first-order valence-electron chi connectivity index (χ1n) is 7.31. The number of hydrogen-bond donors (Lipinski definition) is 0. The molecule has 4 nitrogen and oxygen atoms in total. The summed E-state index contributed by atoms with van der Waals surface area (Å²) in [6, 6.07) is 9.49. The molecule has 0 radical (unpaired) electrons. The number of carbonyl (C=O) groups is 1. The van der Waals surface area contributed by atoms with Crippen molar-refractivity contribution in [3.05, 3.63) is 62.1 Å². The Kier molecular flexibility index (Phi) is 5.68. The minimum atomic E-state index is -0.512. The second-order valence-corrected chi connectivity index (χ2v) is 7.51. The van der Waals surface area contributed by atoms with E-state index in [1.165, 1.54) is 23.5 Å². The molecule has 1 aromatic heterocycles. The number of ether oxygens (including phenoxy) is 1. The quantitative estimate of drug-likeness (QED) is 0.589. The first-order chi connectivity index (χ1) is 12.0. The highest BCUT2D eigenvalue weighted by Gasteiger charge is 2.13. The lowest BCUT2D eigenvalue weighted by Gasteiger charge is -2.04. The van der Waals surface area contributed by atoms with E-state index in [9.17, 15) is 9.18 Å². The highest BCUT2D eigenvalue weighted by Crippen LogP contribution is 2.23. The number of halogens is 3. The minimum Gasteiger partial charge on any atom is -0.383 e. The number of amides is 1. The number of aromatic nitrogens is 1. The van der Waals surface area contributed by atoms with Gasteiger partial charge in [0.15, 0.2) is 4.80 Å². The van der Waals surface area contributed by atoms with Gasteiger partial charge in [-0.05, 0) is 36.4 Å². The molecule has 0 aliphatic heterocycles. The Balaban J connectivity index is 2.12. The summed E-state index contributed by atoms with van der Waals surface area (Å²) in [5, 5.41) is 0.0426. The maximum atomic E-state index is 13.2. The summed E-state index contributed by atoms with van der Waals surface area (Å²) in [6.07, 6.45) is 0. The number of nitrogens with zero attached hydrogens (tertiary/aromatic N) is 2. The highest BCUT2D eigenvalue weighted by molar-refractivity contribution is 9.10. The SMILES string of the molecule is COCCn1c(=NC(=O)c2ccc(F)cc2Cl)sc2cc(Br)ccc21. The number of methoxy groups -OCH3 is 1. The van der Waals surface area contributed by atoms with Gasteiger partial charge in [-0.1, -0.05) is 38.9 Å². The Morgan fingerprint density at radius 2 is 2.16 bits per heavy atom. The summed E-state index contributed by atoms with van der Waals surface area (Å²) in [4.78, 5) is 17.2. The molecule has 0 unspecified atom stereocenters. The molecular formula is C17H13BrClFN2O2S. The molecule has 0 saturated carbocycles. The second kappa shape index (κ2) is 7.78. The Bertz CT molecular complexity index is 1020. The van der Waals surface area contributed by atoms with Crippen LogP contribution in [0.25, 0.3) is 10.2 Å². The van der Waals surface area contributed by atoms with Crippen LogP contribution in [0, 0.1) is 5.82 Å². The van der Waals surface area contributed by atoms with Gasteiger partial charge in [0.25, 0.3) is 5.91 Å². The van der Waals surface area contributed by atoms with Crippen molar-refractivity contribution >= 4 is 55.0 Å². The van der Waals surface area contributed by atoms with Crippen LogP contribution in [0.1, 0.15) is 10.4 Å². The average Bonchev–Trinajstić information content (AvgIpc) is 2.88. The predicted octanol–water partition coefficient (Wildman–Crippen LogP) is 4.65. The van der Waals surface area contributed by atoms with Crippen molar-refractivity contribution in [3.63, 3.8) is 0 Å². The molecule has 3 rings (SSSR count). The molecule has 8 heteroatoms. The van der Waals surface area contributed by atoms with Gasteiger partial charge in [0, 0.05) is 18.1 Å². The molecule has 0 saturated heterocycles. The number of benzene rings is 2. The lowest BCUT2D eigenvalue weighted by atomic mass is 10.2. The number of carbonyl (C=O) groups excluding carboxylic acids is 1. The van der Waals surface area contributed by atoms with E-state index in [-0.39, 0.29) is 10.6 Å². The summed E-state index contributed by atoms with van der Waals surface area (Å²) in [7, 11) is 1.62. The summed E-state index contributed by atoms with van der Waals surface area (Å²) < 4.78 is 22.2. The van der Waals surface area contributed by atoms with Crippen molar-refractivity contribution in [2.45, 2.75) is 6.54 Å². The van der Waals surface area contributed by atoms with Crippen LogP contribution in [0.3, 0.4) is 0 Å². The molecule has 0 aliphatic rings. The maximum Gasteiger partial charge on any atom is 0.281 e. The molecule has 130 valence electrons. The fourth-order valence-electron chi connectivity index (χ4n) is 2.34. The van der Waals surface area contributed by atoms with Crippen molar-refractivity contribution in [1.82, 2.24) is 4.57 Å². The molecule has 2 aromatic carbocycles. The number of rotatable bonds is 4. The topological polar surface area (TPSA) is 43.6 Å². The Hall–Kier alpha value is -1.54.